The van der Waals surface area contributed by atoms with Crippen molar-refractivity contribution in [3.8, 4) is 5.75 Å². The van der Waals surface area contributed by atoms with E-state index in [2.05, 4.69) is 4.98 Å². The number of nitrogens with zero attached hydrogens (tertiary/aromatic N) is 1. The van der Waals surface area contributed by atoms with Gasteiger partial charge in [-0.15, -0.1) is 0 Å². The molecule has 2 N–H and O–H groups in total. The fourth-order valence-corrected chi connectivity index (χ4v) is 1.60. The number of hydrogen-bond acceptors (Lipinski definition) is 3. The molecular formula is C12H19FN2O. The molecule has 0 aliphatic rings. The third kappa shape index (κ3) is 2.16. The first-order chi connectivity index (χ1) is 7.35. The second-order valence-electron chi connectivity index (χ2n) is 4.87. The quantitative estimate of drug-likeness (QED) is 0.860. The molecule has 1 atom stereocenters. The third-order valence-electron chi connectivity index (χ3n) is 2.88. The molecule has 0 saturated heterocycles. The first-order valence-corrected chi connectivity index (χ1v) is 5.23. The van der Waals surface area contributed by atoms with Crippen LogP contribution in [-0.2, 0) is 5.67 Å². The third-order valence-corrected chi connectivity index (χ3v) is 2.88. The maximum absolute atomic E-state index is 14.9. The van der Waals surface area contributed by atoms with Gasteiger partial charge in [0.25, 0.3) is 0 Å². The zero-order valence-corrected chi connectivity index (χ0v) is 10.2. The van der Waals surface area contributed by atoms with Crippen LogP contribution < -0.4 is 10.5 Å². The van der Waals surface area contributed by atoms with E-state index in [1.54, 1.807) is 12.3 Å². The van der Waals surface area contributed by atoms with Crippen LogP contribution in [0.1, 0.15) is 26.3 Å². The van der Waals surface area contributed by atoms with E-state index in [0.717, 1.165) is 0 Å². The summed E-state index contributed by atoms with van der Waals surface area (Å²) >= 11 is 0. The zero-order valence-electron chi connectivity index (χ0n) is 10.2. The Morgan fingerprint density at radius 2 is 2.00 bits per heavy atom. The molecule has 0 aliphatic carbocycles. The Hall–Kier alpha value is -1.16. The molecule has 0 saturated carbocycles. The molecule has 90 valence electrons. The van der Waals surface area contributed by atoms with Crippen LogP contribution in [0.25, 0.3) is 0 Å². The monoisotopic (exact) mass is 226 g/mol. The summed E-state index contributed by atoms with van der Waals surface area (Å²) in [4.78, 5) is 3.96. The summed E-state index contributed by atoms with van der Waals surface area (Å²) in [6.07, 6.45) is 3.05. The van der Waals surface area contributed by atoms with Gasteiger partial charge in [-0.2, -0.15) is 0 Å². The van der Waals surface area contributed by atoms with Gasteiger partial charge >= 0.3 is 0 Å². The molecule has 1 unspecified atom stereocenters. The number of aromatic nitrogens is 1. The molecule has 1 heterocycles. The van der Waals surface area contributed by atoms with Crippen LogP contribution in [0.2, 0.25) is 0 Å². The SMILES string of the molecule is COc1cncc(C(F)(CN)C(C)(C)C)c1. The highest BCUT2D eigenvalue weighted by atomic mass is 19.1. The van der Waals surface area contributed by atoms with Crippen molar-refractivity contribution in [2.75, 3.05) is 13.7 Å². The highest BCUT2D eigenvalue weighted by Crippen LogP contribution is 2.42. The Morgan fingerprint density at radius 1 is 1.38 bits per heavy atom. The molecule has 4 heteroatoms. The highest BCUT2D eigenvalue weighted by Gasteiger charge is 2.43. The molecule has 16 heavy (non-hydrogen) atoms. The van der Waals surface area contributed by atoms with Crippen LogP contribution in [0.5, 0.6) is 5.75 Å². The Kier molecular flexibility index (Phi) is 3.53. The van der Waals surface area contributed by atoms with Gasteiger partial charge in [-0.3, -0.25) is 4.98 Å². The number of rotatable bonds is 3. The minimum absolute atomic E-state index is 0.0780. The van der Waals surface area contributed by atoms with Crippen molar-refractivity contribution in [2.24, 2.45) is 11.1 Å². The molecular weight excluding hydrogens is 207 g/mol. The molecule has 0 bridgehead atoms. The van der Waals surface area contributed by atoms with Crippen LogP contribution in [0, 0.1) is 5.41 Å². The zero-order chi connectivity index (χ0) is 12.4. The Balaban J connectivity index is 3.23. The lowest BCUT2D eigenvalue weighted by molar-refractivity contribution is 0.0338. The number of nitrogens with two attached hydrogens (primary N) is 1. The molecule has 0 aliphatic heterocycles. The molecule has 1 rings (SSSR count). The predicted molar refractivity (Wildman–Crippen MR) is 62.1 cm³/mol. The van der Waals surface area contributed by atoms with Gasteiger partial charge in [0.1, 0.15) is 5.75 Å². The minimum atomic E-state index is -1.60. The smallest absolute Gasteiger partial charge is 0.154 e. The number of methoxy groups -OCH3 is 1. The Labute approximate surface area is 95.8 Å². The summed E-state index contributed by atoms with van der Waals surface area (Å²) in [6, 6.07) is 1.64. The molecule has 0 amide bonds. The molecule has 1 aromatic heterocycles. The van der Waals surface area contributed by atoms with E-state index in [-0.39, 0.29) is 6.54 Å². The summed E-state index contributed by atoms with van der Waals surface area (Å²) in [5.41, 5.74) is 3.84. The second kappa shape index (κ2) is 4.37. The average molecular weight is 226 g/mol. The fraction of sp³-hybridized carbons (Fsp3) is 0.583. The largest absolute Gasteiger partial charge is 0.495 e. The lowest BCUT2D eigenvalue weighted by Crippen LogP contribution is -2.42. The van der Waals surface area contributed by atoms with Crippen molar-refractivity contribution < 1.29 is 9.13 Å². The Morgan fingerprint density at radius 3 is 2.44 bits per heavy atom. The van der Waals surface area contributed by atoms with Crippen molar-refractivity contribution in [3.05, 3.63) is 24.0 Å². The maximum Gasteiger partial charge on any atom is 0.154 e. The molecule has 0 aromatic carbocycles. The lowest BCUT2D eigenvalue weighted by atomic mass is 9.74. The van der Waals surface area contributed by atoms with Crippen LogP contribution >= 0.6 is 0 Å². The number of hydrogen-bond donors (Lipinski definition) is 1. The van der Waals surface area contributed by atoms with Gasteiger partial charge in [-0.25, -0.2) is 4.39 Å². The van der Waals surface area contributed by atoms with Gasteiger partial charge in [0.05, 0.1) is 13.3 Å². The van der Waals surface area contributed by atoms with Gasteiger partial charge in [-0.05, 0) is 6.07 Å². The molecule has 0 spiro atoms. The van der Waals surface area contributed by atoms with E-state index < -0.39 is 11.1 Å². The fourth-order valence-electron chi connectivity index (χ4n) is 1.60. The summed E-state index contributed by atoms with van der Waals surface area (Å²) in [5.74, 6) is 0.539. The topological polar surface area (TPSA) is 48.1 Å². The molecule has 3 nitrogen and oxygen atoms in total. The van der Waals surface area contributed by atoms with Crippen LogP contribution in [0.15, 0.2) is 18.5 Å². The van der Waals surface area contributed by atoms with Crippen molar-refractivity contribution in [1.29, 1.82) is 0 Å². The maximum atomic E-state index is 14.9. The standard InChI is InChI=1S/C12H19FN2O/c1-11(2,3)12(13,8-14)9-5-10(16-4)7-15-6-9/h5-7H,8,14H2,1-4H3. The number of halogens is 1. The van der Waals surface area contributed by atoms with Crippen molar-refractivity contribution in [2.45, 2.75) is 26.4 Å². The molecule has 0 radical (unpaired) electrons. The van der Waals surface area contributed by atoms with Crippen LogP contribution in [0.3, 0.4) is 0 Å². The van der Waals surface area contributed by atoms with E-state index in [4.69, 9.17) is 10.5 Å². The van der Waals surface area contributed by atoms with Crippen molar-refractivity contribution in [1.82, 2.24) is 4.98 Å². The number of alkyl halides is 1. The highest BCUT2D eigenvalue weighted by molar-refractivity contribution is 5.30. The minimum Gasteiger partial charge on any atom is -0.495 e. The summed E-state index contributed by atoms with van der Waals surface area (Å²) in [6.45, 7) is 5.38. The van der Waals surface area contributed by atoms with Crippen LogP contribution in [0.4, 0.5) is 4.39 Å². The van der Waals surface area contributed by atoms with Gasteiger partial charge in [0, 0.05) is 23.7 Å². The first kappa shape index (κ1) is 12.9. The van der Waals surface area contributed by atoms with Gasteiger partial charge < -0.3 is 10.5 Å². The summed E-state index contributed by atoms with van der Waals surface area (Å²) in [7, 11) is 1.53. The van der Waals surface area contributed by atoms with E-state index >= 15 is 0 Å². The van der Waals surface area contributed by atoms with Gasteiger partial charge in [-0.1, -0.05) is 20.8 Å². The van der Waals surface area contributed by atoms with E-state index in [1.807, 2.05) is 20.8 Å². The van der Waals surface area contributed by atoms with E-state index in [0.29, 0.717) is 11.3 Å². The van der Waals surface area contributed by atoms with Crippen molar-refractivity contribution >= 4 is 0 Å². The number of ether oxygens (including phenoxy) is 1. The summed E-state index contributed by atoms with van der Waals surface area (Å²) in [5, 5.41) is 0. The van der Waals surface area contributed by atoms with E-state index in [1.165, 1.54) is 13.3 Å². The Bertz CT molecular complexity index is 362. The van der Waals surface area contributed by atoms with Gasteiger partial charge in [0.15, 0.2) is 5.67 Å². The molecule has 1 aromatic rings. The first-order valence-electron chi connectivity index (χ1n) is 5.23. The lowest BCUT2D eigenvalue weighted by Gasteiger charge is -2.37. The average Bonchev–Trinajstić information content (AvgIpc) is 2.26. The van der Waals surface area contributed by atoms with Crippen LogP contribution in [-0.4, -0.2) is 18.6 Å². The number of pyridine rings is 1. The molecule has 0 fully saturated rings. The summed E-state index contributed by atoms with van der Waals surface area (Å²) < 4.78 is 19.9. The predicted octanol–water partition coefficient (Wildman–Crippen LogP) is 2.26. The second-order valence-corrected chi connectivity index (χ2v) is 4.87. The van der Waals surface area contributed by atoms with Crippen molar-refractivity contribution in [3.63, 3.8) is 0 Å². The normalized spacial score (nSPS) is 15.6. The van der Waals surface area contributed by atoms with E-state index in [9.17, 15) is 4.39 Å². The van der Waals surface area contributed by atoms with Gasteiger partial charge in [0.2, 0.25) is 0 Å².